The van der Waals surface area contributed by atoms with Gasteiger partial charge >= 0.3 is 11.8 Å². The van der Waals surface area contributed by atoms with Crippen molar-refractivity contribution in [1.82, 2.24) is 9.80 Å². The largest absolute Gasteiger partial charge is 0.330 e. The molecule has 1 N–H and O–H groups in total. The molecule has 1 fully saturated rings. The first-order valence-corrected chi connectivity index (χ1v) is 9.87. The third-order valence-corrected chi connectivity index (χ3v) is 5.10. The monoisotopic (exact) mass is 407 g/mol. The average Bonchev–Trinajstić information content (AvgIpc) is 2.72. The fourth-order valence-electron chi connectivity index (χ4n) is 3.31. The number of ketones is 1. The summed E-state index contributed by atoms with van der Waals surface area (Å²) in [7, 11) is 0. The first-order valence-electron chi connectivity index (χ1n) is 9.87. The Kier molecular flexibility index (Phi) is 6.30. The number of benzene rings is 2. The third-order valence-electron chi connectivity index (χ3n) is 5.10. The second-order valence-corrected chi connectivity index (χ2v) is 7.60. The summed E-state index contributed by atoms with van der Waals surface area (Å²) in [4.78, 5) is 51.4. The van der Waals surface area contributed by atoms with Crippen molar-refractivity contribution < 1.29 is 19.2 Å². The minimum Gasteiger partial charge on any atom is -0.330 e. The molecule has 0 saturated carbocycles. The van der Waals surface area contributed by atoms with E-state index in [9.17, 15) is 19.2 Å². The molecule has 156 valence electrons. The quantitative estimate of drug-likeness (QED) is 0.589. The molecule has 0 spiro atoms. The van der Waals surface area contributed by atoms with E-state index in [1.54, 1.807) is 53.4 Å². The molecule has 3 rings (SSSR count). The van der Waals surface area contributed by atoms with Gasteiger partial charge in [0.25, 0.3) is 5.91 Å². The van der Waals surface area contributed by atoms with Gasteiger partial charge in [0, 0.05) is 42.5 Å². The first-order chi connectivity index (χ1) is 14.3. The zero-order chi connectivity index (χ0) is 21.8. The summed E-state index contributed by atoms with van der Waals surface area (Å²) in [5.41, 5.74) is 2.50. The van der Waals surface area contributed by atoms with Crippen molar-refractivity contribution >= 4 is 29.2 Å². The van der Waals surface area contributed by atoms with Crippen molar-refractivity contribution in [3.63, 3.8) is 0 Å². The predicted molar refractivity (Wildman–Crippen MR) is 113 cm³/mol. The Labute approximate surface area is 175 Å². The standard InChI is InChI=1S/C23H25N3O4/c1-15(2)26-13-12-25(22(29)23(26)30)14-17-4-6-19(7-5-17)21(28)24-20-10-8-18(9-11-20)16(3)27/h4-11,15H,12-14H2,1-3H3,(H,24,28). The lowest BCUT2D eigenvalue weighted by Gasteiger charge is -2.36. The Morgan fingerprint density at radius 1 is 0.900 bits per heavy atom. The molecule has 0 unspecified atom stereocenters. The van der Waals surface area contributed by atoms with Gasteiger partial charge in [0.2, 0.25) is 0 Å². The topological polar surface area (TPSA) is 86.8 Å². The van der Waals surface area contributed by atoms with Crippen molar-refractivity contribution in [3.05, 3.63) is 65.2 Å². The smallest absolute Gasteiger partial charge is 0.312 e. The third kappa shape index (κ3) is 4.74. The van der Waals surface area contributed by atoms with E-state index < -0.39 is 11.8 Å². The van der Waals surface area contributed by atoms with Crippen LogP contribution in [0.15, 0.2) is 48.5 Å². The van der Waals surface area contributed by atoms with Crippen LogP contribution >= 0.6 is 0 Å². The number of rotatable bonds is 6. The van der Waals surface area contributed by atoms with Crippen LogP contribution in [0.3, 0.4) is 0 Å². The summed E-state index contributed by atoms with van der Waals surface area (Å²) in [5, 5.41) is 2.79. The molecular weight excluding hydrogens is 382 g/mol. The van der Waals surface area contributed by atoms with E-state index in [-0.39, 0.29) is 17.7 Å². The number of carbonyl (C=O) groups is 4. The summed E-state index contributed by atoms with van der Waals surface area (Å²) in [5.74, 6) is -1.27. The van der Waals surface area contributed by atoms with Crippen LogP contribution in [0.5, 0.6) is 0 Å². The van der Waals surface area contributed by atoms with Crippen LogP contribution < -0.4 is 5.32 Å². The highest BCUT2D eigenvalue weighted by atomic mass is 16.2. The maximum absolute atomic E-state index is 12.4. The molecule has 0 aromatic heterocycles. The molecule has 7 nitrogen and oxygen atoms in total. The van der Waals surface area contributed by atoms with Crippen molar-refractivity contribution in [3.8, 4) is 0 Å². The van der Waals surface area contributed by atoms with Crippen LogP contribution in [0.25, 0.3) is 0 Å². The summed E-state index contributed by atoms with van der Waals surface area (Å²) >= 11 is 0. The van der Waals surface area contributed by atoms with E-state index in [1.165, 1.54) is 11.8 Å². The van der Waals surface area contributed by atoms with Crippen LogP contribution in [-0.4, -0.2) is 52.4 Å². The Bertz CT molecular complexity index is 965. The Morgan fingerprint density at radius 3 is 2.07 bits per heavy atom. The molecule has 2 aromatic carbocycles. The molecule has 0 bridgehead atoms. The summed E-state index contributed by atoms with van der Waals surface area (Å²) in [6, 6.07) is 13.6. The van der Waals surface area contributed by atoms with Crippen LogP contribution in [0.1, 0.15) is 47.1 Å². The van der Waals surface area contributed by atoms with E-state index >= 15 is 0 Å². The molecule has 2 aromatic rings. The molecule has 1 aliphatic heterocycles. The minimum atomic E-state index is -0.495. The summed E-state index contributed by atoms with van der Waals surface area (Å²) < 4.78 is 0. The second kappa shape index (κ2) is 8.90. The highest BCUT2D eigenvalue weighted by molar-refractivity contribution is 6.35. The predicted octanol–water partition coefficient (Wildman–Crippen LogP) is 2.72. The number of piperazine rings is 1. The van der Waals surface area contributed by atoms with Crippen LogP contribution in [0.4, 0.5) is 5.69 Å². The maximum Gasteiger partial charge on any atom is 0.312 e. The van der Waals surface area contributed by atoms with Crippen molar-refractivity contribution in [2.24, 2.45) is 0 Å². The van der Waals surface area contributed by atoms with Gasteiger partial charge in [-0.2, -0.15) is 0 Å². The number of hydrogen-bond acceptors (Lipinski definition) is 4. The van der Waals surface area contributed by atoms with E-state index in [2.05, 4.69) is 5.32 Å². The fourth-order valence-corrected chi connectivity index (χ4v) is 3.31. The van der Waals surface area contributed by atoms with Gasteiger partial charge in [-0.25, -0.2) is 0 Å². The molecular formula is C23H25N3O4. The number of nitrogens with one attached hydrogen (secondary N) is 1. The van der Waals surface area contributed by atoms with Crippen LogP contribution in [0.2, 0.25) is 0 Å². The molecule has 1 heterocycles. The highest BCUT2D eigenvalue weighted by Gasteiger charge is 2.33. The van der Waals surface area contributed by atoms with Crippen molar-refractivity contribution in [2.75, 3.05) is 18.4 Å². The normalized spacial score (nSPS) is 14.3. The number of anilines is 1. The molecule has 0 radical (unpaired) electrons. The number of carbonyl (C=O) groups excluding carboxylic acids is 4. The lowest BCUT2D eigenvalue weighted by atomic mass is 10.1. The van der Waals surface area contributed by atoms with E-state index in [1.807, 2.05) is 13.8 Å². The zero-order valence-electron chi connectivity index (χ0n) is 17.3. The van der Waals surface area contributed by atoms with Gasteiger partial charge in [0.15, 0.2) is 5.78 Å². The Balaban J connectivity index is 1.61. The molecule has 1 aliphatic rings. The molecule has 1 saturated heterocycles. The highest BCUT2D eigenvalue weighted by Crippen LogP contribution is 2.15. The van der Waals surface area contributed by atoms with Gasteiger partial charge in [-0.15, -0.1) is 0 Å². The molecule has 7 heteroatoms. The Morgan fingerprint density at radius 2 is 1.50 bits per heavy atom. The summed E-state index contributed by atoms with van der Waals surface area (Å²) in [6.45, 7) is 6.60. The number of hydrogen-bond donors (Lipinski definition) is 1. The van der Waals surface area contributed by atoms with Gasteiger partial charge in [-0.05, 0) is 62.7 Å². The maximum atomic E-state index is 12.4. The van der Waals surface area contributed by atoms with Gasteiger partial charge in [0.1, 0.15) is 0 Å². The van der Waals surface area contributed by atoms with E-state index in [0.29, 0.717) is 36.4 Å². The van der Waals surface area contributed by atoms with E-state index in [0.717, 1.165) is 5.56 Å². The van der Waals surface area contributed by atoms with Crippen molar-refractivity contribution in [2.45, 2.75) is 33.4 Å². The fraction of sp³-hybridized carbons (Fsp3) is 0.304. The molecule has 0 aliphatic carbocycles. The molecule has 3 amide bonds. The number of amides is 3. The number of nitrogens with zero attached hydrogens (tertiary/aromatic N) is 2. The minimum absolute atomic E-state index is 0.0000555. The van der Waals surface area contributed by atoms with Gasteiger partial charge in [-0.1, -0.05) is 12.1 Å². The van der Waals surface area contributed by atoms with Gasteiger partial charge in [-0.3, -0.25) is 19.2 Å². The lowest BCUT2D eigenvalue weighted by Crippen LogP contribution is -2.55. The van der Waals surface area contributed by atoms with Crippen molar-refractivity contribution in [1.29, 1.82) is 0 Å². The average molecular weight is 407 g/mol. The SMILES string of the molecule is CC(=O)c1ccc(NC(=O)c2ccc(CN3CCN(C(C)C)C(=O)C3=O)cc2)cc1. The lowest BCUT2D eigenvalue weighted by molar-refractivity contribution is -0.157. The second-order valence-electron chi connectivity index (χ2n) is 7.60. The Hall–Kier alpha value is -3.48. The van der Waals surface area contributed by atoms with Gasteiger partial charge in [0.05, 0.1) is 0 Å². The summed E-state index contributed by atoms with van der Waals surface area (Å²) in [6.07, 6.45) is 0. The van der Waals surface area contributed by atoms with E-state index in [4.69, 9.17) is 0 Å². The van der Waals surface area contributed by atoms with Crippen LogP contribution in [-0.2, 0) is 16.1 Å². The molecule has 30 heavy (non-hydrogen) atoms. The van der Waals surface area contributed by atoms with Crippen LogP contribution in [0, 0.1) is 0 Å². The zero-order valence-corrected chi connectivity index (χ0v) is 17.3. The van der Waals surface area contributed by atoms with Gasteiger partial charge < -0.3 is 15.1 Å². The first kappa shape index (κ1) is 21.2. The number of Topliss-reactive ketones (excluding diaryl/α,β-unsaturated/α-hetero) is 1. The molecule has 0 atom stereocenters.